The van der Waals surface area contributed by atoms with Crippen molar-refractivity contribution in [3.8, 4) is 0 Å². The Kier molecular flexibility index (Phi) is 6.89. The molecule has 2 rings (SSSR count). The first-order valence-corrected chi connectivity index (χ1v) is 9.22. The number of hydrogen-bond donors (Lipinski definition) is 3. The van der Waals surface area contributed by atoms with Gasteiger partial charge in [-0.3, -0.25) is 14.9 Å². The zero-order valence-corrected chi connectivity index (χ0v) is 16.7. The Morgan fingerprint density at radius 2 is 1.71 bits per heavy atom. The van der Waals surface area contributed by atoms with Crippen LogP contribution in [0.4, 0.5) is 9.80 Å². The Morgan fingerprint density at radius 1 is 1.07 bits per heavy atom. The largest absolute Gasteiger partial charge is 0.444 e. The minimum Gasteiger partial charge on any atom is -0.444 e. The molecule has 8 nitrogen and oxygen atoms in total. The van der Waals surface area contributed by atoms with Crippen LogP contribution in [0.15, 0.2) is 30.3 Å². The molecule has 1 heterocycles. The standard InChI is InChI=1S/C19H21N3O5S/c1-10-11(2)28-17(21-12(3)23)14(10)18(25)27-15(13-8-6-5-7-9-13)16(24)22-19(26)20-4/h5-9,15H,1-4H3,(H,21,23)(H2,20,22,24,26). The van der Waals surface area contributed by atoms with Gasteiger partial charge in [-0.1, -0.05) is 30.3 Å². The van der Waals surface area contributed by atoms with Crippen LogP contribution in [0.2, 0.25) is 0 Å². The fraction of sp³-hybridized carbons (Fsp3) is 0.263. The number of rotatable bonds is 5. The average Bonchev–Trinajstić information content (AvgIpc) is 2.92. The highest BCUT2D eigenvalue weighted by Crippen LogP contribution is 2.34. The number of ether oxygens (including phenoxy) is 1. The number of esters is 1. The Hall–Kier alpha value is -3.20. The molecule has 0 bridgehead atoms. The van der Waals surface area contributed by atoms with Gasteiger partial charge in [0.1, 0.15) is 5.00 Å². The van der Waals surface area contributed by atoms with E-state index in [0.29, 0.717) is 16.1 Å². The molecule has 148 valence electrons. The second-order valence-electron chi connectivity index (χ2n) is 5.93. The van der Waals surface area contributed by atoms with Crippen LogP contribution in [0.5, 0.6) is 0 Å². The normalized spacial score (nSPS) is 11.3. The summed E-state index contributed by atoms with van der Waals surface area (Å²) in [7, 11) is 1.36. The summed E-state index contributed by atoms with van der Waals surface area (Å²) in [6, 6.07) is 7.63. The first-order chi connectivity index (χ1) is 13.2. The van der Waals surface area contributed by atoms with Crippen LogP contribution in [0, 0.1) is 13.8 Å². The van der Waals surface area contributed by atoms with Crippen LogP contribution in [-0.2, 0) is 14.3 Å². The maximum Gasteiger partial charge on any atom is 0.342 e. The Labute approximate surface area is 166 Å². The van der Waals surface area contributed by atoms with Crippen molar-refractivity contribution in [3.63, 3.8) is 0 Å². The van der Waals surface area contributed by atoms with Crippen LogP contribution in [0.1, 0.15) is 39.4 Å². The van der Waals surface area contributed by atoms with Crippen molar-refractivity contribution in [2.75, 3.05) is 12.4 Å². The highest BCUT2D eigenvalue weighted by Gasteiger charge is 2.30. The van der Waals surface area contributed by atoms with Crippen LogP contribution in [0.3, 0.4) is 0 Å². The van der Waals surface area contributed by atoms with Gasteiger partial charge < -0.3 is 15.4 Å². The monoisotopic (exact) mass is 403 g/mol. The second-order valence-corrected chi connectivity index (χ2v) is 7.16. The molecule has 0 aliphatic heterocycles. The number of hydrogen-bond acceptors (Lipinski definition) is 6. The van der Waals surface area contributed by atoms with E-state index in [1.807, 2.05) is 6.92 Å². The smallest absolute Gasteiger partial charge is 0.342 e. The maximum atomic E-state index is 12.9. The van der Waals surface area contributed by atoms with E-state index >= 15 is 0 Å². The molecule has 9 heteroatoms. The van der Waals surface area contributed by atoms with Crippen molar-refractivity contribution >= 4 is 40.2 Å². The number of nitrogens with one attached hydrogen (secondary N) is 3. The van der Waals surface area contributed by atoms with E-state index in [1.54, 1.807) is 37.3 Å². The van der Waals surface area contributed by atoms with Crippen molar-refractivity contribution in [2.45, 2.75) is 26.9 Å². The number of benzene rings is 1. The molecule has 1 atom stereocenters. The zero-order chi connectivity index (χ0) is 20.8. The molecule has 0 spiro atoms. The van der Waals surface area contributed by atoms with Gasteiger partial charge >= 0.3 is 12.0 Å². The van der Waals surface area contributed by atoms with Crippen molar-refractivity contribution in [3.05, 3.63) is 51.9 Å². The van der Waals surface area contributed by atoms with Crippen LogP contribution in [0.25, 0.3) is 0 Å². The number of urea groups is 1. The third kappa shape index (κ3) is 4.95. The lowest BCUT2D eigenvalue weighted by Gasteiger charge is -2.18. The van der Waals surface area contributed by atoms with Crippen molar-refractivity contribution in [1.82, 2.24) is 10.6 Å². The van der Waals surface area contributed by atoms with Gasteiger partial charge in [-0.15, -0.1) is 11.3 Å². The number of anilines is 1. The molecule has 4 amide bonds. The fourth-order valence-electron chi connectivity index (χ4n) is 2.43. The van der Waals surface area contributed by atoms with Gasteiger partial charge in [-0.05, 0) is 19.4 Å². The summed E-state index contributed by atoms with van der Waals surface area (Å²) in [6.45, 7) is 4.88. The summed E-state index contributed by atoms with van der Waals surface area (Å²) in [6.07, 6.45) is -1.34. The lowest BCUT2D eigenvalue weighted by atomic mass is 10.1. The van der Waals surface area contributed by atoms with E-state index in [9.17, 15) is 19.2 Å². The van der Waals surface area contributed by atoms with Crippen LogP contribution in [-0.4, -0.2) is 30.9 Å². The van der Waals surface area contributed by atoms with E-state index in [1.165, 1.54) is 25.3 Å². The van der Waals surface area contributed by atoms with Gasteiger partial charge in [0.25, 0.3) is 5.91 Å². The molecule has 28 heavy (non-hydrogen) atoms. The quantitative estimate of drug-likeness (QED) is 0.664. The molecule has 0 saturated carbocycles. The Balaban J connectivity index is 2.37. The first-order valence-electron chi connectivity index (χ1n) is 8.40. The zero-order valence-electron chi connectivity index (χ0n) is 15.9. The SMILES string of the molecule is CNC(=O)NC(=O)C(OC(=O)c1c(NC(C)=O)sc(C)c1C)c1ccccc1. The first kappa shape index (κ1) is 21.1. The highest BCUT2D eigenvalue weighted by molar-refractivity contribution is 7.16. The molecule has 1 unspecified atom stereocenters. The van der Waals surface area contributed by atoms with E-state index in [4.69, 9.17) is 4.74 Å². The van der Waals surface area contributed by atoms with Gasteiger partial charge in [0.2, 0.25) is 12.0 Å². The van der Waals surface area contributed by atoms with Crippen molar-refractivity contribution in [1.29, 1.82) is 0 Å². The molecular weight excluding hydrogens is 382 g/mol. The number of thiophene rings is 1. The molecular formula is C19H21N3O5S. The summed E-state index contributed by atoms with van der Waals surface area (Å²) in [4.78, 5) is 49.2. The molecule has 0 radical (unpaired) electrons. The lowest BCUT2D eigenvalue weighted by Crippen LogP contribution is -2.41. The van der Waals surface area contributed by atoms with Crippen LogP contribution >= 0.6 is 11.3 Å². The minimum atomic E-state index is -1.34. The van der Waals surface area contributed by atoms with Gasteiger partial charge in [0.15, 0.2) is 0 Å². The average molecular weight is 403 g/mol. The second kappa shape index (κ2) is 9.14. The molecule has 3 N–H and O–H groups in total. The van der Waals surface area contributed by atoms with Crippen molar-refractivity contribution < 1.29 is 23.9 Å². The van der Waals surface area contributed by atoms with Crippen LogP contribution < -0.4 is 16.0 Å². The lowest BCUT2D eigenvalue weighted by molar-refractivity contribution is -0.129. The van der Waals surface area contributed by atoms with E-state index in [2.05, 4.69) is 16.0 Å². The van der Waals surface area contributed by atoms with Crippen molar-refractivity contribution in [2.24, 2.45) is 0 Å². The minimum absolute atomic E-state index is 0.186. The summed E-state index contributed by atoms with van der Waals surface area (Å²) >= 11 is 1.25. The maximum absolute atomic E-state index is 12.9. The summed E-state index contributed by atoms with van der Waals surface area (Å²) in [5, 5.41) is 7.36. The predicted octanol–water partition coefficient (Wildman–Crippen LogP) is 2.68. The van der Waals surface area contributed by atoms with Gasteiger partial charge in [-0.2, -0.15) is 0 Å². The number of amides is 4. The molecule has 0 aliphatic rings. The molecule has 1 aromatic carbocycles. The molecule has 0 aliphatic carbocycles. The van der Waals surface area contributed by atoms with Gasteiger partial charge in [0, 0.05) is 24.4 Å². The Morgan fingerprint density at radius 3 is 2.29 bits per heavy atom. The Bertz CT molecular complexity index is 908. The van der Waals surface area contributed by atoms with E-state index in [-0.39, 0.29) is 11.5 Å². The van der Waals surface area contributed by atoms with E-state index < -0.39 is 24.0 Å². The molecule has 1 aromatic heterocycles. The summed E-state index contributed by atoms with van der Waals surface area (Å²) in [5.41, 5.74) is 1.24. The molecule has 0 fully saturated rings. The number of carbonyl (C=O) groups excluding carboxylic acids is 4. The molecule has 0 saturated heterocycles. The highest BCUT2D eigenvalue weighted by atomic mass is 32.1. The number of aryl methyl sites for hydroxylation is 1. The van der Waals surface area contributed by atoms with E-state index in [0.717, 1.165) is 4.88 Å². The summed E-state index contributed by atoms with van der Waals surface area (Å²) < 4.78 is 5.47. The third-order valence-electron chi connectivity index (χ3n) is 3.91. The summed E-state index contributed by atoms with van der Waals surface area (Å²) in [5.74, 6) is -1.89. The van der Waals surface area contributed by atoms with Gasteiger partial charge in [-0.25, -0.2) is 9.59 Å². The topological polar surface area (TPSA) is 114 Å². The predicted molar refractivity (Wildman–Crippen MR) is 105 cm³/mol. The fourth-order valence-corrected chi connectivity index (χ4v) is 3.52. The third-order valence-corrected chi connectivity index (χ3v) is 5.03. The molecule has 2 aromatic rings. The number of carbonyl (C=O) groups is 4. The van der Waals surface area contributed by atoms with Gasteiger partial charge in [0.05, 0.1) is 5.56 Å². The number of imide groups is 1.